The monoisotopic (exact) mass is 255 g/mol. The zero-order chi connectivity index (χ0) is 14.3. The summed E-state index contributed by atoms with van der Waals surface area (Å²) in [4.78, 5) is 24.4. The fraction of sp³-hybridized carbons (Fsp3) is 0.750. The maximum Gasteiger partial charge on any atom is 0.326 e. The van der Waals surface area contributed by atoms with Gasteiger partial charge < -0.3 is 15.3 Å². The zero-order valence-electron chi connectivity index (χ0n) is 11.3. The molecule has 0 aromatic carbocycles. The topological polar surface area (TPSA) is 93.4 Å². The third kappa shape index (κ3) is 5.04. The first-order valence-corrected chi connectivity index (χ1v) is 5.98. The molecule has 0 fully saturated rings. The number of rotatable bonds is 6. The van der Waals surface area contributed by atoms with Crippen LogP contribution in [-0.2, 0) is 4.79 Å². The molecular weight excluding hydrogens is 234 g/mol. The third-order valence-corrected chi connectivity index (χ3v) is 2.56. The highest BCUT2D eigenvalue weighted by molar-refractivity contribution is 5.82. The number of nitrogens with zero attached hydrogens (tertiary/aromatic N) is 2. The minimum Gasteiger partial charge on any atom is -0.480 e. The Morgan fingerprint density at radius 1 is 1.33 bits per heavy atom. The lowest BCUT2D eigenvalue weighted by atomic mass is 10.1. The van der Waals surface area contributed by atoms with Gasteiger partial charge in [-0.1, -0.05) is 13.8 Å². The van der Waals surface area contributed by atoms with Gasteiger partial charge in [0.2, 0.25) is 0 Å². The molecule has 0 saturated carbocycles. The van der Waals surface area contributed by atoms with Crippen LogP contribution in [0.5, 0.6) is 0 Å². The summed E-state index contributed by atoms with van der Waals surface area (Å²) in [5, 5.41) is 20.0. The molecular formula is C12H21N3O3. The smallest absolute Gasteiger partial charge is 0.326 e. The molecule has 0 aliphatic carbocycles. The minimum atomic E-state index is -1.05. The van der Waals surface area contributed by atoms with Crippen molar-refractivity contribution in [1.82, 2.24) is 10.2 Å². The normalized spacial score (nSPS) is 12.1. The van der Waals surface area contributed by atoms with E-state index in [0.29, 0.717) is 6.54 Å². The van der Waals surface area contributed by atoms with Gasteiger partial charge in [-0.15, -0.1) is 0 Å². The van der Waals surface area contributed by atoms with Crippen molar-refractivity contribution < 1.29 is 14.7 Å². The predicted molar refractivity (Wildman–Crippen MR) is 66.9 cm³/mol. The van der Waals surface area contributed by atoms with Gasteiger partial charge in [-0.05, 0) is 19.8 Å². The Morgan fingerprint density at radius 3 is 2.22 bits per heavy atom. The Labute approximate surface area is 108 Å². The number of carbonyl (C=O) groups excluding carboxylic acids is 1. The lowest BCUT2D eigenvalue weighted by Gasteiger charge is -2.28. The first-order valence-electron chi connectivity index (χ1n) is 5.98. The van der Waals surface area contributed by atoms with Crippen molar-refractivity contribution >= 4 is 12.0 Å². The third-order valence-electron chi connectivity index (χ3n) is 2.56. The number of nitrogens with one attached hydrogen (secondary N) is 1. The molecule has 2 N–H and O–H groups in total. The second-order valence-electron chi connectivity index (χ2n) is 4.70. The van der Waals surface area contributed by atoms with E-state index in [1.807, 2.05) is 19.9 Å². The molecule has 0 radical (unpaired) electrons. The van der Waals surface area contributed by atoms with Crippen LogP contribution in [0.2, 0.25) is 0 Å². The van der Waals surface area contributed by atoms with E-state index in [1.54, 1.807) is 13.8 Å². The van der Waals surface area contributed by atoms with Gasteiger partial charge in [0.1, 0.15) is 6.04 Å². The van der Waals surface area contributed by atoms with Gasteiger partial charge in [-0.3, -0.25) is 0 Å². The molecule has 2 amide bonds. The van der Waals surface area contributed by atoms with Crippen LogP contribution in [0.15, 0.2) is 0 Å². The molecule has 0 saturated heterocycles. The van der Waals surface area contributed by atoms with Crippen LogP contribution in [0.25, 0.3) is 0 Å². The van der Waals surface area contributed by atoms with Crippen molar-refractivity contribution in [3.8, 4) is 6.07 Å². The molecule has 0 aliphatic heterocycles. The van der Waals surface area contributed by atoms with Crippen molar-refractivity contribution in [2.45, 2.75) is 46.2 Å². The standard InChI is InChI=1S/C12H21N3O3/c1-8(2)10(11(16)17)14-12(18)15(9(3)4)7-5-6-13/h8-10H,5,7H2,1-4H3,(H,14,18)(H,16,17)/t10-/m1/s1. The van der Waals surface area contributed by atoms with Crippen LogP contribution in [0, 0.1) is 17.2 Å². The number of amides is 2. The fourth-order valence-corrected chi connectivity index (χ4v) is 1.49. The summed E-state index contributed by atoms with van der Waals surface area (Å²) in [6, 6.07) is 0.526. The molecule has 6 heteroatoms. The Bertz CT molecular complexity index is 334. The van der Waals surface area contributed by atoms with Crippen molar-refractivity contribution in [2.75, 3.05) is 6.54 Å². The molecule has 0 spiro atoms. The number of carboxylic acid groups (broad SMARTS) is 1. The van der Waals surface area contributed by atoms with Crippen LogP contribution in [0.4, 0.5) is 4.79 Å². The summed E-state index contributed by atoms with van der Waals surface area (Å²) >= 11 is 0. The molecule has 102 valence electrons. The Hall–Kier alpha value is -1.77. The molecule has 0 rings (SSSR count). The number of aliphatic carboxylic acids is 1. The first kappa shape index (κ1) is 16.2. The van der Waals surface area contributed by atoms with Crippen LogP contribution < -0.4 is 5.32 Å². The summed E-state index contributed by atoms with van der Waals surface area (Å²) in [6.07, 6.45) is 0.227. The Morgan fingerprint density at radius 2 is 1.89 bits per heavy atom. The maximum absolute atomic E-state index is 12.0. The highest BCUT2D eigenvalue weighted by Crippen LogP contribution is 2.05. The van der Waals surface area contributed by atoms with E-state index in [2.05, 4.69) is 5.32 Å². The largest absolute Gasteiger partial charge is 0.480 e. The van der Waals surface area contributed by atoms with E-state index in [9.17, 15) is 9.59 Å². The lowest BCUT2D eigenvalue weighted by molar-refractivity contribution is -0.140. The molecule has 0 aliphatic rings. The van der Waals surface area contributed by atoms with Gasteiger partial charge in [-0.25, -0.2) is 9.59 Å². The quantitative estimate of drug-likeness (QED) is 0.750. The number of urea groups is 1. The number of carbonyl (C=O) groups is 2. The SMILES string of the molecule is CC(C)[C@@H](NC(=O)N(CCC#N)C(C)C)C(=O)O. The minimum absolute atomic E-state index is 0.0834. The zero-order valence-corrected chi connectivity index (χ0v) is 11.3. The highest BCUT2D eigenvalue weighted by Gasteiger charge is 2.26. The summed E-state index contributed by atoms with van der Waals surface area (Å²) in [6.45, 7) is 7.40. The van der Waals surface area contributed by atoms with E-state index in [0.717, 1.165) is 0 Å². The van der Waals surface area contributed by atoms with Gasteiger partial charge in [0.05, 0.1) is 12.5 Å². The maximum atomic E-state index is 12.0. The Balaban J connectivity index is 4.68. The molecule has 0 aromatic heterocycles. The van der Waals surface area contributed by atoms with E-state index in [-0.39, 0.29) is 18.4 Å². The predicted octanol–water partition coefficient (Wildman–Crippen LogP) is 1.43. The molecule has 18 heavy (non-hydrogen) atoms. The molecule has 6 nitrogen and oxygen atoms in total. The van der Waals surface area contributed by atoms with E-state index >= 15 is 0 Å². The van der Waals surface area contributed by atoms with Crippen LogP contribution in [-0.4, -0.2) is 40.6 Å². The summed E-state index contributed by atoms with van der Waals surface area (Å²) in [5.41, 5.74) is 0. The second kappa shape index (κ2) is 7.54. The molecule has 0 heterocycles. The van der Waals surface area contributed by atoms with E-state index in [4.69, 9.17) is 10.4 Å². The number of hydrogen-bond donors (Lipinski definition) is 2. The Kier molecular flexibility index (Phi) is 6.79. The molecule has 0 aromatic rings. The highest BCUT2D eigenvalue weighted by atomic mass is 16.4. The van der Waals surface area contributed by atoms with E-state index in [1.165, 1.54) is 4.90 Å². The summed E-state index contributed by atoms with van der Waals surface area (Å²) < 4.78 is 0. The molecule has 0 bridgehead atoms. The van der Waals surface area contributed by atoms with Crippen LogP contribution >= 0.6 is 0 Å². The average Bonchev–Trinajstić information content (AvgIpc) is 2.24. The van der Waals surface area contributed by atoms with Gasteiger partial charge >= 0.3 is 12.0 Å². The van der Waals surface area contributed by atoms with Crippen molar-refractivity contribution in [3.63, 3.8) is 0 Å². The summed E-state index contributed by atoms with van der Waals surface area (Å²) in [5.74, 6) is -1.25. The van der Waals surface area contributed by atoms with Crippen molar-refractivity contribution in [1.29, 1.82) is 5.26 Å². The number of carboxylic acids is 1. The van der Waals surface area contributed by atoms with Crippen LogP contribution in [0.1, 0.15) is 34.1 Å². The lowest BCUT2D eigenvalue weighted by Crippen LogP contribution is -2.52. The van der Waals surface area contributed by atoms with Gasteiger partial charge in [0.15, 0.2) is 0 Å². The average molecular weight is 255 g/mol. The molecule has 1 atom stereocenters. The second-order valence-corrected chi connectivity index (χ2v) is 4.70. The first-order chi connectivity index (χ1) is 8.31. The van der Waals surface area contributed by atoms with Crippen molar-refractivity contribution in [3.05, 3.63) is 0 Å². The van der Waals surface area contributed by atoms with Gasteiger partial charge in [0.25, 0.3) is 0 Å². The molecule has 0 unspecified atom stereocenters. The number of hydrogen-bond acceptors (Lipinski definition) is 3. The van der Waals surface area contributed by atoms with Gasteiger partial charge in [0, 0.05) is 12.6 Å². The fourth-order valence-electron chi connectivity index (χ4n) is 1.49. The summed E-state index contributed by atoms with van der Waals surface area (Å²) in [7, 11) is 0. The van der Waals surface area contributed by atoms with Crippen molar-refractivity contribution in [2.24, 2.45) is 5.92 Å². The van der Waals surface area contributed by atoms with Crippen LogP contribution in [0.3, 0.4) is 0 Å². The van der Waals surface area contributed by atoms with Gasteiger partial charge in [-0.2, -0.15) is 5.26 Å². The number of nitriles is 1. The van der Waals surface area contributed by atoms with E-state index < -0.39 is 18.0 Å².